The van der Waals surface area contributed by atoms with E-state index in [-0.39, 0.29) is 10.6 Å². The van der Waals surface area contributed by atoms with Crippen LogP contribution in [0.1, 0.15) is 26.3 Å². The van der Waals surface area contributed by atoms with Crippen molar-refractivity contribution in [1.82, 2.24) is 0 Å². The summed E-state index contributed by atoms with van der Waals surface area (Å²) >= 11 is -1.30. The van der Waals surface area contributed by atoms with Crippen molar-refractivity contribution in [2.24, 2.45) is 4.40 Å². The molecule has 0 fully saturated rings. The average Bonchev–Trinajstić information content (AvgIpc) is 2.12. The second-order valence-corrected chi connectivity index (χ2v) is 6.08. The molecule has 0 saturated heterocycles. The zero-order chi connectivity index (χ0) is 11.5. The quantitative estimate of drug-likeness (QED) is 0.565. The van der Waals surface area contributed by atoms with E-state index in [0.29, 0.717) is 5.56 Å². The fraction of sp³-hybridized carbons (Fsp3) is 0.364. The first-order chi connectivity index (χ1) is 6.89. The summed E-state index contributed by atoms with van der Waals surface area (Å²) in [6, 6.07) is 6.02. The van der Waals surface area contributed by atoms with E-state index < -0.39 is 11.4 Å². The van der Waals surface area contributed by atoms with E-state index in [1.165, 1.54) is 18.3 Å². The summed E-state index contributed by atoms with van der Waals surface area (Å²) in [5.74, 6) is -0.319. The first kappa shape index (κ1) is 12.2. The predicted octanol–water partition coefficient (Wildman–Crippen LogP) is 2.71. The fourth-order valence-electron chi connectivity index (χ4n) is 0.854. The highest BCUT2D eigenvalue weighted by Crippen LogP contribution is 2.16. The molecule has 0 saturated carbocycles. The number of benzene rings is 1. The van der Waals surface area contributed by atoms with Crippen LogP contribution in [-0.4, -0.2) is 15.5 Å². The topological polar surface area (TPSA) is 35.4 Å². The molecule has 0 aliphatic rings. The number of rotatable bonds is 2. The van der Waals surface area contributed by atoms with Crippen LogP contribution in [0.2, 0.25) is 0 Å². The summed E-state index contributed by atoms with van der Waals surface area (Å²) in [5.41, 5.74) is 0.618. The molecule has 1 rings (SSSR count). The summed E-state index contributed by atoms with van der Waals surface area (Å²) in [6.07, 6.45) is 1.43. The third kappa shape index (κ3) is 4.01. The van der Waals surface area contributed by atoms with Gasteiger partial charge in [-0.05, 0) is 32.9 Å². The van der Waals surface area contributed by atoms with Crippen molar-refractivity contribution >= 4 is 17.6 Å². The van der Waals surface area contributed by atoms with Crippen LogP contribution >= 0.6 is 0 Å². The zero-order valence-electron chi connectivity index (χ0n) is 9.03. The van der Waals surface area contributed by atoms with Gasteiger partial charge in [0.25, 0.3) is 0 Å². The lowest BCUT2D eigenvalue weighted by atomic mass is 10.2. The Kier molecular flexibility index (Phi) is 3.88. The first-order valence-electron chi connectivity index (χ1n) is 4.61. The molecule has 1 atom stereocenters. The average molecular weight is 227 g/mol. The van der Waals surface area contributed by atoms with Gasteiger partial charge in [0.2, 0.25) is 0 Å². The van der Waals surface area contributed by atoms with Gasteiger partial charge in [0.1, 0.15) is 21.9 Å². The van der Waals surface area contributed by atoms with E-state index in [1.807, 2.05) is 20.8 Å². The Morgan fingerprint density at radius 1 is 1.40 bits per heavy atom. The third-order valence-corrected chi connectivity index (χ3v) is 3.01. The molecule has 0 radical (unpaired) electrons. The number of nitrogens with zero attached hydrogens (tertiary/aromatic N) is 1. The van der Waals surface area contributed by atoms with Crippen LogP contribution in [-0.2, 0) is 11.4 Å². The normalized spacial score (nSPS) is 14.5. The zero-order valence-corrected chi connectivity index (χ0v) is 9.84. The van der Waals surface area contributed by atoms with Crippen LogP contribution in [0.15, 0.2) is 28.7 Å². The largest absolute Gasteiger partial charge is 0.591 e. The van der Waals surface area contributed by atoms with Gasteiger partial charge in [-0.2, -0.15) is 0 Å². The van der Waals surface area contributed by atoms with Crippen molar-refractivity contribution < 1.29 is 8.94 Å². The maximum Gasteiger partial charge on any atom is 0.144 e. The van der Waals surface area contributed by atoms with E-state index in [0.717, 1.165) is 0 Å². The monoisotopic (exact) mass is 227 g/mol. The van der Waals surface area contributed by atoms with Crippen molar-refractivity contribution in [3.8, 4) is 0 Å². The van der Waals surface area contributed by atoms with Gasteiger partial charge in [-0.25, -0.2) is 4.39 Å². The maximum atomic E-state index is 12.8. The molecule has 2 nitrogen and oxygen atoms in total. The second kappa shape index (κ2) is 4.77. The van der Waals surface area contributed by atoms with E-state index in [4.69, 9.17) is 0 Å². The van der Waals surface area contributed by atoms with Gasteiger partial charge < -0.3 is 4.55 Å². The molecule has 0 aliphatic heterocycles. The van der Waals surface area contributed by atoms with Crippen LogP contribution in [0, 0.1) is 5.82 Å². The van der Waals surface area contributed by atoms with Gasteiger partial charge in [0.15, 0.2) is 0 Å². The van der Waals surface area contributed by atoms with Gasteiger partial charge >= 0.3 is 0 Å². The molecular weight excluding hydrogens is 213 g/mol. The molecule has 0 amide bonds. The van der Waals surface area contributed by atoms with E-state index in [9.17, 15) is 8.94 Å². The molecule has 0 bridgehead atoms. The molecule has 1 aromatic rings. The van der Waals surface area contributed by atoms with Crippen LogP contribution in [0.3, 0.4) is 0 Å². The molecule has 0 N–H and O–H groups in total. The van der Waals surface area contributed by atoms with E-state index in [1.54, 1.807) is 12.1 Å². The smallest absolute Gasteiger partial charge is 0.144 e. The molecule has 15 heavy (non-hydrogen) atoms. The van der Waals surface area contributed by atoms with Gasteiger partial charge in [-0.3, -0.25) is 0 Å². The molecule has 0 spiro atoms. The van der Waals surface area contributed by atoms with Gasteiger partial charge in [0.05, 0.1) is 6.21 Å². The van der Waals surface area contributed by atoms with E-state index in [2.05, 4.69) is 4.40 Å². The number of halogens is 1. The van der Waals surface area contributed by atoms with Crippen LogP contribution in [0.4, 0.5) is 4.39 Å². The molecule has 82 valence electrons. The fourth-order valence-corrected chi connectivity index (χ4v) is 1.39. The van der Waals surface area contributed by atoms with Gasteiger partial charge in [-0.1, -0.05) is 16.5 Å². The van der Waals surface area contributed by atoms with Crippen molar-refractivity contribution in [2.75, 3.05) is 0 Å². The Balaban J connectivity index is 2.74. The molecule has 1 aromatic carbocycles. The summed E-state index contributed by atoms with van der Waals surface area (Å²) in [7, 11) is 0. The van der Waals surface area contributed by atoms with Crippen molar-refractivity contribution in [3.63, 3.8) is 0 Å². The van der Waals surface area contributed by atoms with Crippen molar-refractivity contribution in [3.05, 3.63) is 35.6 Å². The highest BCUT2D eigenvalue weighted by atomic mass is 32.2. The highest BCUT2D eigenvalue weighted by Gasteiger charge is 2.25. The van der Waals surface area contributed by atoms with Gasteiger partial charge in [0, 0.05) is 5.56 Å². The highest BCUT2D eigenvalue weighted by molar-refractivity contribution is 7.91. The lowest BCUT2D eigenvalue weighted by molar-refractivity contribution is 0.562. The molecule has 4 heteroatoms. The SMILES string of the molecule is CC(C)(C)[S+]([O-])/N=C\c1cccc(F)c1. The Morgan fingerprint density at radius 2 is 2.07 bits per heavy atom. The third-order valence-electron chi connectivity index (χ3n) is 1.67. The lowest BCUT2D eigenvalue weighted by Gasteiger charge is -2.17. The second-order valence-electron chi connectivity index (χ2n) is 4.15. The van der Waals surface area contributed by atoms with Crippen LogP contribution < -0.4 is 0 Å². The minimum absolute atomic E-state index is 0.319. The van der Waals surface area contributed by atoms with E-state index >= 15 is 0 Å². The lowest BCUT2D eigenvalue weighted by Crippen LogP contribution is -2.25. The van der Waals surface area contributed by atoms with Crippen LogP contribution in [0.25, 0.3) is 0 Å². The molecule has 0 aliphatic carbocycles. The Morgan fingerprint density at radius 3 is 2.60 bits per heavy atom. The standard InChI is InChI=1S/C11H14FNOS/c1-11(2,3)15(14)13-8-9-5-4-6-10(12)7-9/h4-8H,1-3H3/b13-8-. The Bertz CT molecular complexity index is 360. The van der Waals surface area contributed by atoms with Crippen molar-refractivity contribution in [2.45, 2.75) is 25.5 Å². The summed E-state index contributed by atoms with van der Waals surface area (Å²) in [6.45, 7) is 5.52. The molecule has 0 aromatic heterocycles. The van der Waals surface area contributed by atoms with Gasteiger partial charge in [-0.15, -0.1) is 0 Å². The number of hydrogen-bond acceptors (Lipinski definition) is 2. The van der Waals surface area contributed by atoms with Crippen LogP contribution in [0.5, 0.6) is 0 Å². The Hall–Kier alpha value is -0.870. The maximum absolute atomic E-state index is 12.8. The summed E-state index contributed by atoms with van der Waals surface area (Å²) in [5, 5.41) is 0. The van der Waals surface area contributed by atoms with Crippen molar-refractivity contribution in [1.29, 1.82) is 0 Å². The predicted molar refractivity (Wildman–Crippen MR) is 61.9 cm³/mol. The molecular formula is C11H14FNOS. The Labute approximate surface area is 92.5 Å². The minimum atomic E-state index is -1.30. The number of hydrogen-bond donors (Lipinski definition) is 0. The molecule has 1 unspecified atom stereocenters. The summed E-state index contributed by atoms with van der Waals surface area (Å²) < 4.78 is 27.8. The molecule has 0 heterocycles. The first-order valence-corrected chi connectivity index (χ1v) is 5.72. The minimum Gasteiger partial charge on any atom is -0.591 e. The summed E-state index contributed by atoms with van der Waals surface area (Å²) in [4.78, 5) is 0.